The Labute approximate surface area is 125 Å². The summed E-state index contributed by atoms with van der Waals surface area (Å²) in [5.74, 6) is -0.795. The zero-order chi connectivity index (χ0) is 15.4. The molecule has 0 spiro atoms. The lowest BCUT2D eigenvalue weighted by Crippen LogP contribution is -2.55. The van der Waals surface area contributed by atoms with E-state index in [1.54, 1.807) is 6.07 Å². The Morgan fingerprint density at radius 3 is 2.81 bits per heavy atom. The molecule has 2 rings (SSSR count). The zero-order valence-electron chi connectivity index (χ0n) is 12.7. The molecular weight excluding hydrogens is 269 g/mol. The van der Waals surface area contributed by atoms with Crippen LogP contribution in [-0.2, 0) is 6.54 Å². The van der Waals surface area contributed by atoms with Gasteiger partial charge >= 0.3 is 0 Å². The van der Waals surface area contributed by atoms with Crippen molar-refractivity contribution in [2.45, 2.75) is 45.3 Å². The first-order chi connectivity index (χ1) is 10.0. The van der Waals surface area contributed by atoms with Crippen molar-refractivity contribution in [3.63, 3.8) is 0 Å². The van der Waals surface area contributed by atoms with Crippen LogP contribution in [0.15, 0.2) is 18.2 Å². The summed E-state index contributed by atoms with van der Waals surface area (Å²) in [6.07, 6.45) is 2.07. The van der Waals surface area contributed by atoms with Gasteiger partial charge in [-0.2, -0.15) is 0 Å². The van der Waals surface area contributed by atoms with Gasteiger partial charge in [0.2, 0.25) is 5.91 Å². The molecule has 3 N–H and O–H groups in total. The number of carbonyl (C=O) groups excluding carboxylic acids is 1. The molecule has 2 atom stereocenters. The maximum absolute atomic E-state index is 14.0. The number of piperazine rings is 1. The Morgan fingerprint density at radius 1 is 1.43 bits per heavy atom. The number of rotatable bonds is 5. The maximum atomic E-state index is 14.0. The molecule has 1 saturated heterocycles. The fourth-order valence-corrected chi connectivity index (χ4v) is 2.87. The van der Waals surface area contributed by atoms with Crippen LogP contribution in [0.1, 0.15) is 42.6 Å². The van der Waals surface area contributed by atoms with Crippen molar-refractivity contribution < 1.29 is 9.18 Å². The third-order valence-electron chi connectivity index (χ3n) is 4.28. The molecule has 21 heavy (non-hydrogen) atoms. The molecule has 1 heterocycles. The van der Waals surface area contributed by atoms with Crippen molar-refractivity contribution >= 4 is 5.91 Å². The lowest BCUT2D eigenvalue weighted by atomic mass is 10.0. The summed E-state index contributed by atoms with van der Waals surface area (Å²) < 4.78 is 14.0. The van der Waals surface area contributed by atoms with Gasteiger partial charge in [0.25, 0.3) is 0 Å². The molecule has 0 aromatic heterocycles. The van der Waals surface area contributed by atoms with Crippen LogP contribution < -0.4 is 11.1 Å². The van der Waals surface area contributed by atoms with Gasteiger partial charge in [-0.1, -0.05) is 13.8 Å². The van der Waals surface area contributed by atoms with Gasteiger partial charge in [-0.15, -0.1) is 0 Å². The molecule has 1 aromatic rings. The van der Waals surface area contributed by atoms with Crippen molar-refractivity contribution in [3.05, 3.63) is 35.1 Å². The molecule has 0 aliphatic carbocycles. The molecule has 4 nitrogen and oxygen atoms in total. The Bertz CT molecular complexity index is 506. The van der Waals surface area contributed by atoms with E-state index in [4.69, 9.17) is 5.73 Å². The molecule has 1 aliphatic rings. The molecule has 1 amide bonds. The van der Waals surface area contributed by atoms with Gasteiger partial charge < -0.3 is 11.1 Å². The molecule has 1 fully saturated rings. The fraction of sp³-hybridized carbons (Fsp3) is 0.562. The number of nitrogens with one attached hydrogen (secondary N) is 1. The monoisotopic (exact) mass is 293 g/mol. The Balaban J connectivity index is 2.18. The molecule has 5 heteroatoms. The summed E-state index contributed by atoms with van der Waals surface area (Å²) in [5.41, 5.74) is 6.18. The van der Waals surface area contributed by atoms with Crippen molar-refractivity contribution in [3.8, 4) is 0 Å². The van der Waals surface area contributed by atoms with Crippen molar-refractivity contribution in [2.75, 3.05) is 13.1 Å². The normalized spacial score (nSPS) is 23.2. The molecule has 116 valence electrons. The first-order valence-electron chi connectivity index (χ1n) is 7.60. The summed E-state index contributed by atoms with van der Waals surface area (Å²) in [7, 11) is 0. The van der Waals surface area contributed by atoms with Gasteiger partial charge in [0.15, 0.2) is 0 Å². The van der Waals surface area contributed by atoms with E-state index in [0.29, 0.717) is 29.8 Å². The van der Waals surface area contributed by atoms with E-state index in [-0.39, 0.29) is 5.82 Å². The fourth-order valence-electron chi connectivity index (χ4n) is 2.87. The van der Waals surface area contributed by atoms with E-state index in [1.165, 1.54) is 12.1 Å². The van der Waals surface area contributed by atoms with Crippen LogP contribution in [-0.4, -0.2) is 36.0 Å². The van der Waals surface area contributed by atoms with Crippen LogP contribution in [0.25, 0.3) is 0 Å². The van der Waals surface area contributed by atoms with Crippen molar-refractivity contribution in [1.82, 2.24) is 10.2 Å². The zero-order valence-corrected chi connectivity index (χ0v) is 12.7. The minimum absolute atomic E-state index is 0.276. The maximum Gasteiger partial charge on any atom is 0.248 e. The molecule has 0 saturated carbocycles. The van der Waals surface area contributed by atoms with Gasteiger partial charge in [-0.25, -0.2) is 4.39 Å². The molecule has 1 aliphatic heterocycles. The van der Waals surface area contributed by atoms with Gasteiger partial charge in [-0.05, 0) is 31.0 Å². The van der Waals surface area contributed by atoms with E-state index in [9.17, 15) is 9.18 Å². The van der Waals surface area contributed by atoms with Gasteiger partial charge in [0.1, 0.15) is 5.82 Å². The summed E-state index contributed by atoms with van der Waals surface area (Å²) in [6.45, 7) is 6.63. The first kappa shape index (κ1) is 15.9. The molecule has 0 radical (unpaired) electrons. The number of benzene rings is 1. The van der Waals surface area contributed by atoms with Crippen LogP contribution >= 0.6 is 0 Å². The summed E-state index contributed by atoms with van der Waals surface area (Å²) in [6, 6.07) is 5.17. The summed E-state index contributed by atoms with van der Waals surface area (Å²) in [4.78, 5) is 13.6. The number of hydrogen-bond acceptors (Lipinski definition) is 3. The van der Waals surface area contributed by atoms with Crippen LogP contribution in [0.5, 0.6) is 0 Å². The third kappa shape index (κ3) is 3.80. The minimum Gasteiger partial charge on any atom is -0.366 e. The number of hydrogen-bond donors (Lipinski definition) is 2. The minimum atomic E-state index is -0.518. The van der Waals surface area contributed by atoms with E-state index < -0.39 is 5.91 Å². The second-order valence-corrected chi connectivity index (χ2v) is 5.68. The second-order valence-electron chi connectivity index (χ2n) is 5.68. The number of primary amides is 1. The van der Waals surface area contributed by atoms with Crippen molar-refractivity contribution in [2.24, 2.45) is 5.73 Å². The van der Waals surface area contributed by atoms with Crippen LogP contribution in [0.3, 0.4) is 0 Å². The van der Waals surface area contributed by atoms with Crippen LogP contribution in [0.4, 0.5) is 4.39 Å². The second kappa shape index (κ2) is 7.00. The van der Waals surface area contributed by atoms with E-state index in [0.717, 1.165) is 25.9 Å². The van der Waals surface area contributed by atoms with E-state index in [2.05, 4.69) is 24.1 Å². The number of halogens is 1. The Kier molecular flexibility index (Phi) is 5.31. The smallest absolute Gasteiger partial charge is 0.248 e. The number of amides is 1. The van der Waals surface area contributed by atoms with Gasteiger partial charge in [-0.3, -0.25) is 9.69 Å². The highest BCUT2D eigenvalue weighted by atomic mass is 19.1. The number of nitrogens with zero attached hydrogens (tertiary/aromatic N) is 1. The lowest BCUT2D eigenvalue weighted by molar-refractivity contribution is 0.0999. The average molecular weight is 293 g/mol. The first-order valence-corrected chi connectivity index (χ1v) is 7.60. The molecule has 2 unspecified atom stereocenters. The molecule has 1 aromatic carbocycles. The molecular formula is C16H24FN3O. The predicted octanol–water partition coefficient (Wildman–Crippen LogP) is 1.89. The largest absolute Gasteiger partial charge is 0.366 e. The van der Waals surface area contributed by atoms with E-state index in [1.807, 2.05) is 0 Å². The average Bonchev–Trinajstić information content (AvgIpc) is 2.49. The van der Waals surface area contributed by atoms with Crippen molar-refractivity contribution in [1.29, 1.82) is 0 Å². The summed E-state index contributed by atoms with van der Waals surface area (Å²) in [5, 5.41) is 3.52. The SMILES string of the molecule is CCC1CN(Cc2cc(C(N)=O)ccc2F)C(CC)CN1. The standard InChI is InChI=1S/C16H24FN3O/c1-3-13-10-20(14(4-2)8-19-13)9-12-7-11(16(18)21)5-6-15(12)17/h5-7,13-14,19H,3-4,8-10H2,1-2H3,(H2,18,21). The number of nitrogens with two attached hydrogens (primary N) is 1. The van der Waals surface area contributed by atoms with E-state index >= 15 is 0 Å². The lowest BCUT2D eigenvalue weighted by Gasteiger charge is -2.40. The Hall–Kier alpha value is -1.46. The van der Waals surface area contributed by atoms with Gasteiger partial charge in [0, 0.05) is 42.8 Å². The van der Waals surface area contributed by atoms with Gasteiger partial charge in [0.05, 0.1) is 0 Å². The van der Waals surface area contributed by atoms with Crippen LogP contribution in [0.2, 0.25) is 0 Å². The van der Waals surface area contributed by atoms with Crippen LogP contribution in [0, 0.1) is 5.82 Å². The third-order valence-corrected chi connectivity index (χ3v) is 4.28. The highest BCUT2D eigenvalue weighted by Gasteiger charge is 2.26. The topological polar surface area (TPSA) is 58.4 Å². The predicted molar refractivity (Wildman–Crippen MR) is 81.5 cm³/mol. The summed E-state index contributed by atoms with van der Waals surface area (Å²) >= 11 is 0. The highest BCUT2D eigenvalue weighted by Crippen LogP contribution is 2.19. The quantitative estimate of drug-likeness (QED) is 0.871. The highest BCUT2D eigenvalue weighted by molar-refractivity contribution is 5.92. The number of carbonyl (C=O) groups is 1. The Morgan fingerprint density at radius 2 is 2.19 bits per heavy atom. The molecule has 0 bridgehead atoms.